The lowest BCUT2D eigenvalue weighted by Crippen LogP contribution is -2.57. The van der Waals surface area contributed by atoms with E-state index in [0.29, 0.717) is 6.42 Å². The Morgan fingerprint density at radius 2 is 1.61 bits per heavy atom. The van der Waals surface area contributed by atoms with Crippen LogP contribution in [0.5, 0.6) is 0 Å². The maximum atomic E-state index is 5.96. The predicted molar refractivity (Wildman–Crippen MR) is 86.8 cm³/mol. The standard InChI is InChI=1S/C19H19NO3/c1-18(20)21-17-12-15(14-8-4-2-5-9-14)13-19(17,23-22-18)16-10-6-3-7-11-16/h2-12,17H,13,20H2,1H3/t17-,18?,19-/m0/s1. The van der Waals surface area contributed by atoms with Crippen LogP contribution in [-0.4, -0.2) is 12.0 Å². The molecule has 2 aromatic carbocycles. The second-order valence-corrected chi connectivity index (χ2v) is 6.21. The van der Waals surface area contributed by atoms with Crippen LogP contribution in [0.25, 0.3) is 5.57 Å². The topological polar surface area (TPSA) is 53.7 Å². The maximum absolute atomic E-state index is 5.96. The molecule has 0 saturated carbocycles. The summed E-state index contributed by atoms with van der Waals surface area (Å²) in [5, 5.41) is 0. The van der Waals surface area contributed by atoms with Crippen LogP contribution < -0.4 is 5.73 Å². The van der Waals surface area contributed by atoms with E-state index >= 15 is 0 Å². The molecule has 2 aliphatic rings. The van der Waals surface area contributed by atoms with Gasteiger partial charge in [-0.25, -0.2) is 4.89 Å². The lowest BCUT2D eigenvalue weighted by molar-refractivity contribution is -0.520. The van der Waals surface area contributed by atoms with Crippen molar-refractivity contribution in [2.24, 2.45) is 5.73 Å². The van der Waals surface area contributed by atoms with Crippen LogP contribution in [0, 0.1) is 0 Å². The zero-order valence-electron chi connectivity index (χ0n) is 12.9. The lowest BCUT2D eigenvalue weighted by Gasteiger charge is -2.44. The molecule has 1 aliphatic heterocycles. The Bertz CT molecular complexity index is 727. The van der Waals surface area contributed by atoms with Crippen LogP contribution in [0.3, 0.4) is 0 Å². The van der Waals surface area contributed by atoms with Crippen LogP contribution in [-0.2, 0) is 20.1 Å². The zero-order valence-corrected chi connectivity index (χ0v) is 12.9. The first-order chi connectivity index (χ1) is 11.1. The van der Waals surface area contributed by atoms with Gasteiger partial charge in [0.1, 0.15) is 6.10 Å². The van der Waals surface area contributed by atoms with E-state index in [4.69, 9.17) is 20.2 Å². The Morgan fingerprint density at radius 1 is 0.957 bits per heavy atom. The summed E-state index contributed by atoms with van der Waals surface area (Å²) in [6.45, 7) is 1.65. The first-order valence-electron chi connectivity index (χ1n) is 7.74. The van der Waals surface area contributed by atoms with Crippen molar-refractivity contribution < 1.29 is 14.5 Å². The Kier molecular flexibility index (Phi) is 3.36. The molecule has 4 nitrogen and oxygen atoms in total. The Labute approximate surface area is 135 Å². The fourth-order valence-electron chi connectivity index (χ4n) is 3.28. The molecule has 0 spiro atoms. The van der Waals surface area contributed by atoms with Crippen molar-refractivity contribution in [1.29, 1.82) is 0 Å². The molecule has 0 amide bonds. The Hall–Kier alpha value is -1.98. The highest BCUT2D eigenvalue weighted by atomic mass is 17.3. The summed E-state index contributed by atoms with van der Waals surface area (Å²) in [5.74, 6) is -1.26. The molecule has 4 rings (SSSR count). The van der Waals surface area contributed by atoms with Crippen molar-refractivity contribution in [1.82, 2.24) is 0 Å². The highest BCUT2D eigenvalue weighted by Crippen LogP contribution is 2.50. The van der Waals surface area contributed by atoms with Gasteiger partial charge in [-0.05, 0) is 22.8 Å². The molecular formula is C19H19NO3. The number of hydrogen-bond donors (Lipinski definition) is 1. The van der Waals surface area contributed by atoms with E-state index < -0.39 is 11.5 Å². The number of nitrogens with two attached hydrogens (primary N) is 1. The summed E-state index contributed by atoms with van der Waals surface area (Å²) < 4.78 is 5.96. The zero-order chi connectivity index (χ0) is 15.9. The molecule has 4 heteroatoms. The maximum Gasteiger partial charge on any atom is 0.253 e. The van der Waals surface area contributed by atoms with E-state index in [-0.39, 0.29) is 6.10 Å². The van der Waals surface area contributed by atoms with E-state index in [2.05, 4.69) is 18.2 Å². The second-order valence-electron chi connectivity index (χ2n) is 6.21. The SMILES string of the molecule is CC1(N)OO[C@]2(c3ccccc3)CC(c3ccccc3)=C[C@@H]2O1. The van der Waals surface area contributed by atoms with Crippen molar-refractivity contribution in [2.75, 3.05) is 0 Å². The number of fused-ring (bicyclic) bond motifs is 1. The third-order valence-electron chi connectivity index (χ3n) is 4.39. The minimum Gasteiger partial charge on any atom is -0.325 e. The molecule has 3 atom stereocenters. The van der Waals surface area contributed by atoms with Gasteiger partial charge in [-0.2, -0.15) is 4.89 Å². The summed E-state index contributed by atoms with van der Waals surface area (Å²) in [7, 11) is 0. The van der Waals surface area contributed by atoms with Crippen LogP contribution in [0.2, 0.25) is 0 Å². The van der Waals surface area contributed by atoms with Crippen molar-refractivity contribution in [2.45, 2.75) is 31.0 Å². The van der Waals surface area contributed by atoms with Crippen LogP contribution in [0.1, 0.15) is 24.5 Å². The van der Waals surface area contributed by atoms with E-state index in [1.165, 1.54) is 5.57 Å². The van der Waals surface area contributed by atoms with Gasteiger partial charge in [-0.15, -0.1) is 0 Å². The number of ether oxygens (including phenoxy) is 1. The minimum atomic E-state index is -1.26. The largest absolute Gasteiger partial charge is 0.325 e. The fourth-order valence-corrected chi connectivity index (χ4v) is 3.28. The normalized spacial score (nSPS) is 33.1. The molecule has 1 unspecified atom stereocenters. The van der Waals surface area contributed by atoms with Gasteiger partial charge < -0.3 is 4.74 Å². The highest BCUT2D eigenvalue weighted by molar-refractivity contribution is 5.70. The van der Waals surface area contributed by atoms with Gasteiger partial charge in [0, 0.05) is 13.3 Å². The van der Waals surface area contributed by atoms with E-state index in [1.54, 1.807) is 6.92 Å². The molecule has 0 radical (unpaired) electrons. The summed E-state index contributed by atoms with van der Waals surface area (Å²) >= 11 is 0. The molecule has 0 bridgehead atoms. The minimum absolute atomic E-state index is 0.302. The summed E-state index contributed by atoms with van der Waals surface area (Å²) in [5.41, 5.74) is 8.59. The van der Waals surface area contributed by atoms with E-state index in [1.807, 2.05) is 48.5 Å². The molecule has 0 aromatic heterocycles. The van der Waals surface area contributed by atoms with Gasteiger partial charge in [-0.3, -0.25) is 5.73 Å². The van der Waals surface area contributed by atoms with Crippen molar-refractivity contribution >= 4 is 5.57 Å². The quantitative estimate of drug-likeness (QED) is 0.864. The van der Waals surface area contributed by atoms with Crippen molar-refractivity contribution in [3.8, 4) is 0 Å². The predicted octanol–water partition coefficient (Wildman–Crippen LogP) is 3.35. The van der Waals surface area contributed by atoms with Gasteiger partial charge in [0.25, 0.3) is 5.91 Å². The van der Waals surface area contributed by atoms with Crippen LogP contribution >= 0.6 is 0 Å². The number of benzene rings is 2. The average molecular weight is 309 g/mol. The molecule has 2 aromatic rings. The summed E-state index contributed by atoms with van der Waals surface area (Å²) in [4.78, 5) is 11.2. The van der Waals surface area contributed by atoms with Crippen molar-refractivity contribution in [3.63, 3.8) is 0 Å². The smallest absolute Gasteiger partial charge is 0.253 e. The number of hydrogen-bond acceptors (Lipinski definition) is 4. The second kappa shape index (κ2) is 5.28. The number of rotatable bonds is 2. The molecule has 1 saturated heterocycles. The van der Waals surface area contributed by atoms with E-state index in [9.17, 15) is 0 Å². The van der Waals surface area contributed by atoms with Gasteiger partial charge >= 0.3 is 0 Å². The monoisotopic (exact) mass is 309 g/mol. The molecule has 1 heterocycles. The lowest BCUT2D eigenvalue weighted by atomic mass is 9.87. The third kappa shape index (κ3) is 2.50. The first-order valence-corrected chi connectivity index (χ1v) is 7.74. The van der Waals surface area contributed by atoms with Crippen LogP contribution in [0.15, 0.2) is 66.7 Å². The van der Waals surface area contributed by atoms with Crippen molar-refractivity contribution in [3.05, 3.63) is 77.9 Å². The van der Waals surface area contributed by atoms with Crippen LogP contribution in [0.4, 0.5) is 0 Å². The molecule has 2 N–H and O–H groups in total. The Balaban J connectivity index is 1.77. The molecule has 1 aliphatic carbocycles. The van der Waals surface area contributed by atoms with E-state index in [0.717, 1.165) is 11.1 Å². The first kappa shape index (κ1) is 14.6. The van der Waals surface area contributed by atoms with Gasteiger partial charge in [0.15, 0.2) is 5.60 Å². The highest BCUT2D eigenvalue weighted by Gasteiger charge is 2.54. The van der Waals surface area contributed by atoms with Gasteiger partial charge in [-0.1, -0.05) is 60.7 Å². The third-order valence-corrected chi connectivity index (χ3v) is 4.39. The average Bonchev–Trinajstić information content (AvgIpc) is 2.95. The summed E-state index contributed by atoms with van der Waals surface area (Å²) in [6.07, 6.45) is 2.46. The molecule has 1 fully saturated rings. The van der Waals surface area contributed by atoms with Gasteiger partial charge in [0.2, 0.25) is 0 Å². The molecule has 118 valence electrons. The molecule has 23 heavy (non-hydrogen) atoms. The molecular weight excluding hydrogens is 290 g/mol. The Morgan fingerprint density at radius 3 is 2.30 bits per heavy atom. The fraction of sp³-hybridized carbons (Fsp3) is 0.263. The summed E-state index contributed by atoms with van der Waals surface area (Å²) in [6, 6.07) is 20.2. The van der Waals surface area contributed by atoms with Gasteiger partial charge in [0.05, 0.1) is 0 Å².